The number of nitrogens with zero attached hydrogens (tertiary/aromatic N) is 1. The lowest BCUT2D eigenvalue weighted by Gasteiger charge is -2.23. The highest BCUT2D eigenvalue weighted by molar-refractivity contribution is 5.81. The van der Waals surface area contributed by atoms with Gasteiger partial charge in [-0.1, -0.05) is 29.8 Å². The number of aryl methyl sites for hydroxylation is 1. The Balaban J connectivity index is 2.38. The minimum Gasteiger partial charge on any atom is -0.342 e. The van der Waals surface area contributed by atoms with Crippen molar-refractivity contribution in [1.82, 2.24) is 10.2 Å². The molecule has 0 saturated heterocycles. The summed E-state index contributed by atoms with van der Waals surface area (Å²) in [5.74, 6) is 0.189. The van der Waals surface area contributed by atoms with Crippen LogP contribution in [0.4, 0.5) is 0 Å². The quantitative estimate of drug-likeness (QED) is 0.818. The molecule has 0 radical (unpaired) electrons. The monoisotopic (exact) mass is 262 g/mol. The van der Waals surface area contributed by atoms with E-state index in [1.54, 1.807) is 0 Å². The fourth-order valence-electron chi connectivity index (χ4n) is 2.20. The minimum atomic E-state index is -0.107. The number of carbonyl (C=O) groups excluding carboxylic acids is 1. The van der Waals surface area contributed by atoms with Gasteiger partial charge in [0.05, 0.1) is 6.04 Å². The molecule has 0 spiro atoms. The van der Waals surface area contributed by atoms with Crippen molar-refractivity contribution in [3.05, 3.63) is 35.4 Å². The number of amides is 1. The molecule has 0 aromatic heterocycles. The van der Waals surface area contributed by atoms with Crippen LogP contribution in [-0.4, -0.2) is 36.5 Å². The summed E-state index contributed by atoms with van der Waals surface area (Å²) in [6, 6.07) is 8.40. The van der Waals surface area contributed by atoms with E-state index >= 15 is 0 Å². The van der Waals surface area contributed by atoms with Crippen molar-refractivity contribution < 1.29 is 4.79 Å². The van der Waals surface area contributed by atoms with E-state index in [0.29, 0.717) is 0 Å². The molecule has 1 aromatic carbocycles. The molecule has 3 heteroatoms. The van der Waals surface area contributed by atoms with Gasteiger partial charge in [-0.25, -0.2) is 0 Å². The Kier molecular flexibility index (Phi) is 6.57. The third-order valence-electron chi connectivity index (χ3n) is 3.39. The Morgan fingerprint density at radius 1 is 1.32 bits per heavy atom. The molecule has 3 nitrogen and oxygen atoms in total. The zero-order valence-corrected chi connectivity index (χ0v) is 12.6. The summed E-state index contributed by atoms with van der Waals surface area (Å²) in [7, 11) is 0. The van der Waals surface area contributed by atoms with Gasteiger partial charge in [0.15, 0.2) is 0 Å². The lowest BCUT2D eigenvalue weighted by Crippen LogP contribution is -2.45. The van der Waals surface area contributed by atoms with Gasteiger partial charge in [-0.3, -0.25) is 4.79 Å². The number of carbonyl (C=O) groups is 1. The maximum absolute atomic E-state index is 12.1. The number of benzene rings is 1. The van der Waals surface area contributed by atoms with E-state index in [4.69, 9.17) is 0 Å². The smallest absolute Gasteiger partial charge is 0.239 e. The van der Waals surface area contributed by atoms with Crippen LogP contribution in [-0.2, 0) is 11.2 Å². The van der Waals surface area contributed by atoms with E-state index in [1.807, 2.05) is 25.7 Å². The molecular formula is C16H26N2O. The Morgan fingerprint density at radius 3 is 2.58 bits per heavy atom. The molecule has 0 aliphatic rings. The standard InChI is InChI=1S/C16H26N2O/c1-5-18(6-2)16(19)14(4)17-11-10-15-9-7-8-13(3)12-15/h7-9,12,14,17H,5-6,10-11H2,1-4H3. The highest BCUT2D eigenvalue weighted by Crippen LogP contribution is 2.04. The molecule has 0 aliphatic heterocycles. The van der Waals surface area contributed by atoms with Gasteiger partial charge in [0.25, 0.3) is 0 Å². The van der Waals surface area contributed by atoms with E-state index in [0.717, 1.165) is 26.1 Å². The van der Waals surface area contributed by atoms with Gasteiger partial charge in [-0.2, -0.15) is 0 Å². The van der Waals surface area contributed by atoms with E-state index in [-0.39, 0.29) is 11.9 Å². The largest absolute Gasteiger partial charge is 0.342 e. The van der Waals surface area contributed by atoms with Crippen molar-refractivity contribution in [2.45, 2.75) is 40.2 Å². The van der Waals surface area contributed by atoms with Crippen LogP contribution >= 0.6 is 0 Å². The van der Waals surface area contributed by atoms with Crippen LogP contribution < -0.4 is 5.32 Å². The summed E-state index contributed by atoms with van der Waals surface area (Å²) in [6.45, 7) is 10.5. The highest BCUT2D eigenvalue weighted by atomic mass is 16.2. The fraction of sp³-hybridized carbons (Fsp3) is 0.562. The lowest BCUT2D eigenvalue weighted by molar-refractivity contribution is -0.132. The first kappa shape index (κ1) is 15.7. The summed E-state index contributed by atoms with van der Waals surface area (Å²) in [5, 5.41) is 3.31. The molecule has 0 bridgehead atoms. The third-order valence-corrected chi connectivity index (χ3v) is 3.39. The van der Waals surface area contributed by atoms with Crippen LogP contribution in [0.3, 0.4) is 0 Å². The molecular weight excluding hydrogens is 236 g/mol. The summed E-state index contributed by atoms with van der Waals surface area (Å²) < 4.78 is 0. The Hall–Kier alpha value is -1.35. The molecule has 1 aromatic rings. The van der Waals surface area contributed by atoms with Crippen molar-refractivity contribution in [3.8, 4) is 0 Å². The molecule has 0 heterocycles. The van der Waals surface area contributed by atoms with E-state index < -0.39 is 0 Å². The average Bonchev–Trinajstić information content (AvgIpc) is 2.40. The van der Waals surface area contributed by atoms with Crippen LogP contribution in [0, 0.1) is 6.92 Å². The number of nitrogens with one attached hydrogen (secondary N) is 1. The molecule has 19 heavy (non-hydrogen) atoms. The van der Waals surface area contributed by atoms with Gasteiger partial charge < -0.3 is 10.2 Å². The van der Waals surface area contributed by atoms with Gasteiger partial charge in [-0.05, 0) is 46.2 Å². The highest BCUT2D eigenvalue weighted by Gasteiger charge is 2.16. The Bertz CT molecular complexity index is 399. The first-order chi connectivity index (χ1) is 9.08. The van der Waals surface area contributed by atoms with E-state index in [2.05, 4.69) is 36.5 Å². The Morgan fingerprint density at radius 2 is 2.00 bits per heavy atom. The summed E-state index contributed by atoms with van der Waals surface area (Å²) in [4.78, 5) is 13.9. The molecule has 0 fully saturated rings. The second kappa shape index (κ2) is 7.95. The molecule has 1 unspecified atom stereocenters. The molecule has 106 valence electrons. The molecule has 0 aliphatic carbocycles. The van der Waals surface area contributed by atoms with Gasteiger partial charge in [0.1, 0.15) is 0 Å². The van der Waals surface area contributed by atoms with E-state index in [1.165, 1.54) is 11.1 Å². The van der Waals surface area contributed by atoms with Gasteiger partial charge >= 0.3 is 0 Å². The van der Waals surface area contributed by atoms with Crippen molar-refractivity contribution in [1.29, 1.82) is 0 Å². The van der Waals surface area contributed by atoms with Crippen molar-refractivity contribution in [3.63, 3.8) is 0 Å². The van der Waals surface area contributed by atoms with Gasteiger partial charge in [-0.15, -0.1) is 0 Å². The fourth-order valence-corrected chi connectivity index (χ4v) is 2.20. The maximum atomic E-state index is 12.1. The Labute approximate surface area is 117 Å². The van der Waals surface area contributed by atoms with Crippen LogP contribution in [0.1, 0.15) is 31.9 Å². The van der Waals surface area contributed by atoms with Crippen LogP contribution in [0.2, 0.25) is 0 Å². The zero-order valence-electron chi connectivity index (χ0n) is 12.6. The maximum Gasteiger partial charge on any atom is 0.239 e. The molecule has 1 rings (SSSR count). The molecule has 1 N–H and O–H groups in total. The number of hydrogen-bond donors (Lipinski definition) is 1. The van der Waals surface area contributed by atoms with Crippen molar-refractivity contribution in [2.75, 3.05) is 19.6 Å². The first-order valence-electron chi connectivity index (χ1n) is 7.16. The number of likely N-dealkylation sites (N-methyl/N-ethyl adjacent to an activating group) is 1. The molecule has 1 atom stereocenters. The topological polar surface area (TPSA) is 32.3 Å². The summed E-state index contributed by atoms with van der Waals surface area (Å²) in [6.07, 6.45) is 0.956. The normalized spacial score (nSPS) is 12.2. The van der Waals surface area contributed by atoms with Crippen molar-refractivity contribution >= 4 is 5.91 Å². The predicted molar refractivity (Wildman–Crippen MR) is 80.3 cm³/mol. The second-order valence-corrected chi connectivity index (χ2v) is 4.93. The van der Waals surface area contributed by atoms with Crippen LogP contribution in [0.25, 0.3) is 0 Å². The van der Waals surface area contributed by atoms with Gasteiger partial charge in [0.2, 0.25) is 5.91 Å². The zero-order chi connectivity index (χ0) is 14.3. The predicted octanol–water partition coefficient (Wildman–Crippen LogP) is 2.38. The van der Waals surface area contributed by atoms with Crippen LogP contribution in [0.5, 0.6) is 0 Å². The SMILES string of the molecule is CCN(CC)C(=O)C(C)NCCc1cccc(C)c1. The van der Waals surface area contributed by atoms with Crippen molar-refractivity contribution in [2.24, 2.45) is 0 Å². The van der Waals surface area contributed by atoms with Crippen LogP contribution in [0.15, 0.2) is 24.3 Å². The minimum absolute atomic E-state index is 0.107. The average molecular weight is 262 g/mol. The lowest BCUT2D eigenvalue weighted by atomic mass is 10.1. The summed E-state index contributed by atoms with van der Waals surface area (Å²) in [5.41, 5.74) is 2.60. The third kappa shape index (κ3) is 5.03. The second-order valence-electron chi connectivity index (χ2n) is 4.93. The van der Waals surface area contributed by atoms with Gasteiger partial charge in [0, 0.05) is 13.1 Å². The number of rotatable bonds is 7. The molecule has 0 saturated carbocycles. The summed E-state index contributed by atoms with van der Waals surface area (Å²) >= 11 is 0. The number of hydrogen-bond acceptors (Lipinski definition) is 2. The van der Waals surface area contributed by atoms with E-state index in [9.17, 15) is 4.79 Å². The molecule has 1 amide bonds. The first-order valence-corrected chi connectivity index (χ1v) is 7.16.